The number of fused-ring (bicyclic) bond motifs is 2. The van der Waals surface area contributed by atoms with Crippen molar-refractivity contribution in [3.63, 3.8) is 0 Å². The lowest BCUT2D eigenvalue weighted by Crippen LogP contribution is -2.48. The molecule has 6 nitrogen and oxygen atoms in total. The van der Waals surface area contributed by atoms with Gasteiger partial charge in [0.15, 0.2) is 8.32 Å². The van der Waals surface area contributed by atoms with Gasteiger partial charge in [-0.15, -0.1) is 0 Å². The van der Waals surface area contributed by atoms with Crippen LogP contribution in [0.5, 0.6) is 5.75 Å². The van der Waals surface area contributed by atoms with E-state index in [1.807, 2.05) is 49.5 Å². The summed E-state index contributed by atoms with van der Waals surface area (Å²) in [5.74, 6) is 0.765. The Labute approximate surface area is 190 Å². The van der Waals surface area contributed by atoms with E-state index in [-0.39, 0.29) is 36.2 Å². The van der Waals surface area contributed by atoms with Crippen molar-refractivity contribution in [1.29, 1.82) is 0 Å². The van der Waals surface area contributed by atoms with Gasteiger partial charge in [-0.1, -0.05) is 25.1 Å². The molecule has 2 aliphatic rings. The Balaban J connectivity index is 1.73. The Kier molecular flexibility index (Phi) is 6.45. The third kappa shape index (κ3) is 4.10. The average Bonchev–Trinajstić information content (AvgIpc) is 2.76. The van der Waals surface area contributed by atoms with Crippen LogP contribution in [0.25, 0.3) is 0 Å². The topological polar surface area (TPSA) is 79.2 Å². The van der Waals surface area contributed by atoms with Crippen LogP contribution in [0.15, 0.2) is 42.5 Å². The Bertz CT molecular complexity index is 989. The summed E-state index contributed by atoms with van der Waals surface area (Å²) < 4.78 is 12.4. The van der Waals surface area contributed by atoms with Crippen LogP contribution in [-0.2, 0) is 16.0 Å². The number of ether oxygens (including phenoxy) is 2. The monoisotopic (exact) mass is 455 g/mol. The van der Waals surface area contributed by atoms with Gasteiger partial charge in [-0.2, -0.15) is 0 Å². The fraction of sp³-hybridized carbons (Fsp3) is 0.480. The molecule has 1 unspecified atom stereocenters. The summed E-state index contributed by atoms with van der Waals surface area (Å²) in [6.45, 7) is 5.86. The van der Waals surface area contributed by atoms with Crippen LogP contribution in [-0.4, -0.2) is 43.9 Å². The number of anilines is 2. The number of aliphatic hydroxyl groups is 1. The Hall–Kier alpha value is -2.19. The first-order valence-electron chi connectivity index (χ1n) is 11.3. The van der Waals surface area contributed by atoms with Crippen molar-refractivity contribution >= 4 is 25.6 Å². The second-order valence-electron chi connectivity index (χ2n) is 9.45. The number of methoxy groups -OCH3 is 1. The Morgan fingerprint density at radius 1 is 1.22 bits per heavy atom. The molecule has 4 rings (SSSR count). The molecule has 0 fully saturated rings. The van der Waals surface area contributed by atoms with Crippen molar-refractivity contribution in [2.24, 2.45) is 5.92 Å². The predicted molar refractivity (Wildman–Crippen MR) is 127 cm³/mol. The largest absolute Gasteiger partial charge is 0.490 e. The number of para-hydroxylation sites is 1. The number of benzene rings is 2. The lowest BCUT2D eigenvalue weighted by atomic mass is 9.86. The van der Waals surface area contributed by atoms with Crippen molar-refractivity contribution in [1.82, 2.24) is 0 Å². The Morgan fingerprint density at radius 2 is 1.97 bits per heavy atom. The van der Waals surface area contributed by atoms with Crippen LogP contribution >= 0.6 is 0 Å². The third-order valence-corrected chi connectivity index (χ3v) is 9.34. The van der Waals surface area contributed by atoms with Gasteiger partial charge in [0.1, 0.15) is 11.9 Å². The number of carbonyl (C=O) groups is 1. The van der Waals surface area contributed by atoms with Crippen LogP contribution in [0.4, 0.5) is 11.4 Å². The van der Waals surface area contributed by atoms with E-state index in [0.717, 1.165) is 23.4 Å². The minimum atomic E-state index is -2.58. The predicted octanol–water partition coefficient (Wildman–Crippen LogP) is 4.33. The molecule has 0 radical (unpaired) electrons. The lowest BCUT2D eigenvalue weighted by molar-refractivity contribution is -0.118. The normalized spacial score (nSPS) is 23.9. The van der Waals surface area contributed by atoms with E-state index in [2.05, 4.69) is 13.0 Å². The molecule has 2 aliphatic heterocycles. The molecular formula is C25H33NO5Si. The summed E-state index contributed by atoms with van der Waals surface area (Å²) in [5, 5.41) is 9.61. The van der Waals surface area contributed by atoms with Crippen molar-refractivity contribution in [3.05, 3.63) is 53.6 Å². The molecule has 7 heteroatoms. The Morgan fingerprint density at radius 3 is 2.66 bits per heavy atom. The molecule has 2 aromatic rings. The van der Waals surface area contributed by atoms with Crippen molar-refractivity contribution in [3.8, 4) is 5.75 Å². The number of aryl methyl sites for hydroxylation is 1. The second-order valence-corrected chi connectivity index (χ2v) is 13.5. The molecule has 172 valence electrons. The standard InChI is InChI=1S/C25H33NO5Si/c1-16-24(30-2)19-15-18(26-20-8-6-5-7-17(20)9-12-23(26)28)10-11-21(19)31-25(16)22(13-14-27)32(3,4)29/h5-8,10-11,15-16,22,24-25,27,29H,9,12-14H2,1-4H3/t16-,22?,24-,25-/m1/s1. The average molecular weight is 456 g/mol. The van der Waals surface area contributed by atoms with Gasteiger partial charge in [-0.05, 0) is 55.8 Å². The van der Waals surface area contributed by atoms with E-state index in [1.165, 1.54) is 5.56 Å². The molecule has 1 amide bonds. The minimum Gasteiger partial charge on any atom is -0.490 e. The molecule has 0 spiro atoms. The molecule has 0 aliphatic carbocycles. The molecule has 2 heterocycles. The first-order chi connectivity index (χ1) is 15.3. The highest BCUT2D eigenvalue weighted by molar-refractivity contribution is 6.71. The van der Waals surface area contributed by atoms with E-state index in [9.17, 15) is 14.7 Å². The fourth-order valence-electron chi connectivity index (χ4n) is 5.27. The molecule has 4 atom stereocenters. The number of rotatable bonds is 6. The molecule has 2 aromatic carbocycles. The number of aliphatic hydroxyl groups excluding tert-OH is 1. The fourth-order valence-corrected chi connectivity index (χ4v) is 7.29. The minimum absolute atomic E-state index is 0.00810. The van der Waals surface area contributed by atoms with E-state index in [4.69, 9.17) is 9.47 Å². The zero-order chi connectivity index (χ0) is 23.0. The smallest absolute Gasteiger partial charge is 0.231 e. The summed E-state index contributed by atoms with van der Waals surface area (Å²) in [4.78, 5) is 25.6. The van der Waals surface area contributed by atoms with Gasteiger partial charge in [0, 0.05) is 42.8 Å². The van der Waals surface area contributed by atoms with Crippen LogP contribution < -0.4 is 9.64 Å². The van der Waals surface area contributed by atoms with Gasteiger partial charge < -0.3 is 19.4 Å². The van der Waals surface area contributed by atoms with Crippen LogP contribution in [0, 0.1) is 5.92 Å². The summed E-state index contributed by atoms with van der Waals surface area (Å²) in [5.41, 5.74) is 3.69. The number of nitrogens with zero attached hydrogens (tertiary/aromatic N) is 1. The molecule has 0 aromatic heterocycles. The van der Waals surface area contributed by atoms with Gasteiger partial charge in [0.2, 0.25) is 5.91 Å². The lowest BCUT2D eigenvalue weighted by Gasteiger charge is -2.44. The van der Waals surface area contributed by atoms with Gasteiger partial charge in [0.25, 0.3) is 0 Å². The molecule has 32 heavy (non-hydrogen) atoms. The second kappa shape index (κ2) is 8.98. The summed E-state index contributed by atoms with van der Waals surface area (Å²) >= 11 is 0. The SMILES string of the molecule is CO[C@H]1c2cc(N3C(=O)CCc4ccccc43)ccc2O[C@@H](C(CCO)[Si](C)(C)O)[C@@H]1C. The maximum absolute atomic E-state index is 12.9. The molecule has 2 N–H and O–H groups in total. The van der Waals surface area contributed by atoms with E-state index < -0.39 is 8.32 Å². The van der Waals surface area contributed by atoms with Gasteiger partial charge in [0.05, 0.1) is 11.8 Å². The third-order valence-electron chi connectivity index (χ3n) is 6.91. The molecule has 0 saturated heterocycles. The number of amides is 1. The summed E-state index contributed by atoms with van der Waals surface area (Å²) in [6, 6.07) is 13.8. The maximum Gasteiger partial charge on any atom is 0.231 e. The van der Waals surface area contributed by atoms with Crippen LogP contribution in [0.1, 0.15) is 37.0 Å². The highest BCUT2D eigenvalue weighted by atomic mass is 28.4. The number of carbonyl (C=O) groups excluding carboxylic acids is 1. The molecular weight excluding hydrogens is 422 g/mol. The van der Waals surface area contributed by atoms with Crippen molar-refractivity contribution in [2.75, 3.05) is 18.6 Å². The van der Waals surface area contributed by atoms with Crippen LogP contribution in [0.3, 0.4) is 0 Å². The van der Waals surface area contributed by atoms with Gasteiger partial charge in [-0.25, -0.2) is 0 Å². The van der Waals surface area contributed by atoms with Gasteiger partial charge >= 0.3 is 0 Å². The summed E-state index contributed by atoms with van der Waals surface area (Å²) in [7, 11) is -0.896. The number of hydrogen-bond donors (Lipinski definition) is 2. The zero-order valence-electron chi connectivity index (χ0n) is 19.2. The van der Waals surface area contributed by atoms with Gasteiger partial charge in [-0.3, -0.25) is 9.69 Å². The first kappa shape index (κ1) is 23.0. The highest BCUT2D eigenvalue weighted by Crippen LogP contribution is 2.48. The van der Waals surface area contributed by atoms with Crippen molar-refractivity contribution < 1.29 is 24.2 Å². The van der Waals surface area contributed by atoms with Crippen molar-refractivity contribution in [2.45, 2.75) is 57.0 Å². The van der Waals surface area contributed by atoms with E-state index in [1.54, 1.807) is 12.0 Å². The maximum atomic E-state index is 12.9. The molecule has 0 bridgehead atoms. The van der Waals surface area contributed by atoms with Crippen LogP contribution in [0.2, 0.25) is 18.6 Å². The number of hydrogen-bond acceptors (Lipinski definition) is 5. The highest BCUT2D eigenvalue weighted by Gasteiger charge is 2.46. The van der Waals surface area contributed by atoms with E-state index >= 15 is 0 Å². The van der Waals surface area contributed by atoms with E-state index in [0.29, 0.717) is 18.6 Å². The molecule has 0 saturated carbocycles. The summed E-state index contributed by atoms with van der Waals surface area (Å²) in [6.07, 6.45) is 1.24. The zero-order valence-corrected chi connectivity index (χ0v) is 20.2. The quantitative estimate of drug-likeness (QED) is 0.634. The first-order valence-corrected chi connectivity index (χ1v) is 14.4.